The number of nitrogens with zero attached hydrogens (tertiary/aromatic N) is 2. The van der Waals surface area contributed by atoms with Crippen LogP contribution in [0.3, 0.4) is 0 Å². The quantitative estimate of drug-likeness (QED) is 0.672. The summed E-state index contributed by atoms with van der Waals surface area (Å²) >= 11 is 0. The topological polar surface area (TPSA) is 93.3 Å². The van der Waals surface area contributed by atoms with Gasteiger partial charge in [0.25, 0.3) is 0 Å². The van der Waals surface area contributed by atoms with Gasteiger partial charge in [0.05, 0.1) is 22.3 Å². The number of hydrogen-bond donors (Lipinski definition) is 4. The molecule has 1 aromatic heterocycles. The highest BCUT2D eigenvalue weighted by Gasteiger charge is 2.39. The van der Waals surface area contributed by atoms with Gasteiger partial charge in [0, 0.05) is 32.2 Å². The first-order chi connectivity index (χ1) is 12.7. The van der Waals surface area contributed by atoms with Crippen LogP contribution in [-0.4, -0.2) is 53.3 Å². The van der Waals surface area contributed by atoms with Gasteiger partial charge >= 0.3 is 5.97 Å². The number of carbonyl (C=O) groups is 1. The molecule has 2 heterocycles. The van der Waals surface area contributed by atoms with Gasteiger partial charge in [-0.25, -0.2) is 9.78 Å². The van der Waals surface area contributed by atoms with Crippen molar-refractivity contribution in [2.24, 2.45) is 11.8 Å². The van der Waals surface area contributed by atoms with Crippen molar-refractivity contribution in [1.29, 1.82) is 0 Å². The molecule has 1 aromatic carbocycles. The highest BCUT2D eigenvalue weighted by Crippen LogP contribution is 2.45. The molecule has 2 saturated carbocycles. The summed E-state index contributed by atoms with van der Waals surface area (Å²) in [6.45, 7) is 3.36. The molecule has 0 unspecified atom stereocenters. The van der Waals surface area contributed by atoms with Crippen molar-refractivity contribution in [3.05, 3.63) is 17.7 Å². The molecular formula is C19H25N5O2. The summed E-state index contributed by atoms with van der Waals surface area (Å²) in [5, 5.41) is 16.6. The minimum atomic E-state index is -0.891. The Labute approximate surface area is 152 Å². The number of carboxylic acid groups (broad SMARTS) is 1. The number of imidazole rings is 1. The van der Waals surface area contributed by atoms with Gasteiger partial charge in [0.1, 0.15) is 0 Å². The first-order valence-corrected chi connectivity index (χ1v) is 9.66. The number of aromatic amines is 1. The van der Waals surface area contributed by atoms with Crippen LogP contribution in [0, 0.1) is 11.8 Å². The third kappa shape index (κ3) is 2.70. The second-order valence-corrected chi connectivity index (χ2v) is 7.94. The van der Waals surface area contributed by atoms with Gasteiger partial charge in [-0.15, -0.1) is 0 Å². The average Bonchev–Trinajstić information content (AvgIpc) is 3.36. The van der Waals surface area contributed by atoms with Gasteiger partial charge in [-0.05, 0) is 43.2 Å². The van der Waals surface area contributed by atoms with Gasteiger partial charge in [-0.2, -0.15) is 0 Å². The first-order valence-electron chi connectivity index (χ1n) is 9.66. The van der Waals surface area contributed by atoms with E-state index in [2.05, 4.69) is 20.5 Å². The number of anilines is 2. The lowest BCUT2D eigenvalue weighted by molar-refractivity contribution is 0.0697. The van der Waals surface area contributed by atoms with E-state index in [1.54, 1.807) is 6.07 Å². The molecule has 0 amide bonds. The Balaban J connectivity index is 1.46. The van der Waals surface area contributed by atoms with Crippen molar-refractivity contribution in [2.45, 2.75) is 31.7 Å². The summed E-state index contributed by atoms with van der Waals surface area (Å²) in [5.41, 5.74) is 2.72. The predicted molar refractivity (Wildman–Crippen MR) is 101 cm³/mol. The third-order valence-electron chi connectivity index (χ3n) is 6.35. The Morgan fingerprint density at radius 2 is 2.08 bits per heavy atom. The molecule has 4 N–H and O–H groups in total. The van der Waals surface area contributed by atoms with Crippen LogP contribution < -0.4 is 15.5 Å². The lowest BCUT2D eigenvalue weighted by Gasteiger charge is -2.30. The second-order valence-electron chi connectivity index (χ2n) is 7.94. The van der Waals surface area contributed by atoms with Gasteiger partial charge in [-0.1, -0.05) is 6.42 Å². The summed E-state index contributed by atoms with van der Waals surface area (Å²) in [6, 6.07) is 4.15. The normalized spacial score (nSPS) is 28.0. The molecule has 2 bridgehead atoms. The standard InChI is InChI=1S/C19H25N5O2/c25-18(26)13-9-15-16(10-17(13)24-5-3-20-4-6-24)23-19(22-15)21-14-8-11-1-2-12(14)7-11/h9-12,14,20H,1-8H2,(H,25,26)(H2,21,22,23)/t11-,12+,14+/m1/s1. The predicted octanol–water partition coefficient (Wildman–Crippen LogP) is 2.27. The van der Waals surface area contributed by atoms with E-state index in [-0.39, 0.29) is 0 Å². The second kappa shape index (κ2) is 6.16. The Bertz CT molecular complexity index is 842. The molecule has 3 atom stereocenters. The summed E-state index contributed by atoms with van der Waals surface area (Å²) in [7, 11) is 0. The maximum absolute atomic E-state index is 11.8. The van der Waals surface area contributed by atoms with Gasteiger partial charge in [0.15, 0.2) is 0 Å². The molecule has 0 radical (unpaired) electrons. The molecule has 7 heteroatoms. The molecule has 5 rings (SSSR count). The minimum Gasteiger partial charge on any atom is -0.478 e. The fourth-order valence-electron chi connectivity index (χ4n) is 5.05. The molecule has 138 valence electrons. The van der Waals surface area contributed by atoms with Crippen LogP contribution >= 0.6 is 0 Å². The first kappa shape index (κ1) is 15.9. The van der Waals surface area contributed by atoms with Crippen molar-refractivity contribution in [3.8, 4) is 0 Å². The smallest absolute Gasteiger partial charge is 0.337 e. The molecule has 7 nitrogen and oxygen atoms in total. The van der Waals surface area contributed by atoms with Crippen LogP contribution in [0.25, 0.3) is 11.0 Å². The van der Waals surface area contributed by atoms with Crippen molar-refractivity contribution in [2.75, 3.05) is 36.4 Å². The highest BCUT2D eigenvalue weighted by molar-refractivity contribution is 6.00. The molecular weight excluding hydrogens is 330 g/mol. The van der Waals surface area contributed by atoms with Crippen LogP contribution in [0.2, 0.25) is 0 Å². The van der Waals surface area contributed by atoms with E-state index in [1.165, 1.54) is 25.7 Å². The van der Waals surface area contributed by atoms with E-state index in [4.69, 9.17) is 4.98 Å². The van der Waals surface area contributed by atoms with Gasteiger partial charge < -0.3 is 25.6 Å². The Morgan fingerprint density at radius 1 is 1.23 bits per heavy atom. The lowest BCUT2D eigenvalue weighted by atomic mass is 9.95. The summed E-state index contributed by atoms with van der Waals surface area (Å²) in [4.78, 5) is 21.9. The summed E-state index contributed by atoms with van der Waals surface area (Å²) < 4.78 is 0. The van der Waals surface area contributed by atoms with Crippen LogP contribution in [0.4, 0.5) is 11.6 Å². The van der Waals surface area contributed by atoms with Gasteiger partial charge in [-0.3, -0.25) is 0 Å². The number of hydrogen-bond acceptors (Lipinski definition) is 5. The van der Waals surface area contributed by atoms with E-state index in [0.29, 0.717) is 11.6 Å². The molecule has 2 aromatic rings. The zero-order chi connectivity index (χ0) is 17.7. The van der Waals surface area contributed by atoms with E-state index in [0.717, 1.165) is 60.7 Å². The number of carboxylic acids is 1. The summed E-state index contributed by atoms with van der Waals surface area (Å²) in [6.07, 6.45) is 5.26. The van der Waals surface area contributed by atoms with Crippen molar-refractivity contribution in [3.63, 3.8) is 0 Å². The fourth-order valence-corrected chi connectivity index (χ4v) is 5.05. The number of benzene rings is 1. The number of aromatic carboxylic acids is 1. The number of nitrogens with one attached hydrogen (secondary N) is 3. The summed E-state index contributed by atoms with van der Waals surface area (Å²) in [5.74, 6) is 1.52. The Morgan fingerprint density at radius 3 is 2.77 bits per heavy atom. The van der Waals surface area contributed by atoms with E-state index >= 15 is 0 Å². The number of piperazine rings is 1. The maximum atomic E-state index is 11.8. The molecule has 26 heavy (non-hydrogen) atoms. The number of H-pyrrole nitrogens is 1. The molecule has 1 aliphatic heterocycles. The van der Waals surface area contributed by atoms with Crippen molar-refractivity contribution >= 4 is 28.6 Å². The van der Waals surface area contributed by atoms with E-state index < -0.39 is 5.97 Å². The largest absolute Gasteiger partial charge is 0.478 e. The molecule has 3 aliphatic rings. The van der Waals surface area contributed by atoms with E-state index in [1.807, 2.05) is 6.07 Å². The Hall–Kier alpha value is -2.28. The van der Waals surface area contributed by atoms with Crippen molar-refractivity contribution in [1.82, 2.24) is 15.3 Å². The minimum absolute atomic E-state index is 0.342. The van der Waals surface area contributed by atoms with Crippen LogP contribution in [-0.2, 0) is 0 Å². The molecule has 1 saturated heterocycles. The zero-order valence-electron chi connectivity index (χ0n) is 14.8. The zero-order valence-corrected chi connectivity index (χ0v) is 14.8. The highest BCUT2D eigenvalue weighted by atomic mass is 16.4. The average molecular weight is 355 g/mol. The number of rotatable bonds is 4. The number of aromatic nitrogens is 2. The maximum Gasteiger partial charge on any atom is 0.337 e. The van der Waals surface area contributed by atoms with Crippen LogP contribution in [0.15, 0.2) is 12.1 Å². The fraction of sp³-hybridized carbons (Fsp3) is 0.579. The lowest BCUT2D eigenvalue weighted by Crippen LogP contribution is -2.44. The monoisotopic (exact) mass is 355 g/mol. The Kier molecular flexibility index (Phi) is 3.77. The van der Waals surface area contributed by atoms with Gasteiger partial charge in [0.2, 0.25) is 5.95 Å². The van der Waals surface area contributed by atoms with Crippen LogP contribution in [0.5, 0.6) is 0 Å². The van der Waals surface area contributed by atoms with E-state index in [9.17, 15) is 9.90 Å². The van der Waals surface area contributed by atoms with Crippen molar-refractivity contribution < 1.29 is 9.90 Å². The molecule has 0 spiro atoms. The number of fused-ring (bicyclic) bond motifs is 3. The SMILES string of the molecule is O=C(O)c1cc2[nH]c(N[C@H]3C[C@@H]4CC[C@H]3C4)nc2cc1N1CCNCC1. The third-order valence-corrected chi connectivity index (χ3v) is 6.35. The van der Waals surface area contributed by atoms with Crippen LogP contribution in [0.1, 0.15) is 36.0 Å². The molecule has 2 aliphatic carbocycles. The molecule has 3 fully saturated rings.